The van der Waals surface area contributed by atoms with Crippen molar-refractivity contribution in [2.75, 3.05) is 5.32 Å². The van der Waals surface area contributed by atoms with Crippen molar-refractivity contribution in [1.29, 1.82) is 0 Å². The minimum atomic E-state index is -1.05. The Kier molecular flexibility index (Phi) is 4.46. The first-order valence-corrected chi connectivity index (χ1v) is 5.29. The van der Waals surface area contributed by atoms with Gasteiger partial charge in [-0.2, -0.15) is 0 Å². The molecule has 1 aromatic carbocycles. The van der Waals surface area contributed by atoms with Gasteiger partial charge in [0.15, 0.2) is 0 Å². The number of carbonyl (C=O) groups is 2. The van der Waals surface area contributed by atoms with E-state index in [1.165, 1.54) is 6.07 Å². The van der Waals surface area contributed by atoms with Gasteiger partial charge in [-0.1, -0.05) is 17.7 Å². The zero-order chi connectivity index (χ0) is 12.8. The van der Waals surface area contributed by atoms with Crippen LogP contribution in [0.3, 0.4) is 0 Å². The van der Waals surface area contributed by atoms with E-state index >= 15 is 0 Å². The van der Waals surface area contributed by atoms with Gasteiger partial charge in [-0.25, -0.2) is 4.79 Å². The minimum Gasteiger partial charge on any atom is -0.478 e. The first-order chi connectivity index (χ1) is 8.04. The fourth-order valence-corrected chi connectivity index (χ4v) is 1.39. The van der Waals surface area contributed by atoms with E-state index in [2.05, 4.69) is 11.9 Å². The number of aromatic carboxylic acids is 1. The quantitative estimate of drug-likeness (QED) is 0.768. The van der Waals surface area contributed by atoms with Crippen LogP contribution in [0.5, 0.6) is 0 Å². The van der Waals surface area contributed by atoms with Crippen LogP contribution < -0.4 is 5.32 Å². The SMILES string of the molecule is C=CCCC(=O)Nc1ccc(C)cc1C(=O)O. The highest BCUT2D eigenvalue weighted by Crippen LogP contribution is 2.17. The third-order valence-corrected chi connectivity index (χ3v) is 2.26. The lowest BCUT2D eigenvalue weighted by atomic mass is 10.1. The van der Waals surface area contributed by atoms with Gasteiger partial charge >= 0.3 is 5.97 Å². The zero-order valence-corrected chi connectivity index (χ0v) is 9.69. The number of hydrogen-bond donors (Lipinski definition) is 2. The van der Waals surface area contributed by atoms with Crippen molar-refractivity contribution in [2.45, 2.75) is 19.8 Å². The van der Waals surface area contributed by atoms with Crippen molar-refractivity contribution in [2.24, 2.45) is 0 Å². The second-order valence-electron chi connectivity index (χ2n) is 3.73. The van der Waals surface area contributed by atoms with Crippen molar-refractivity contribution >= 4 is 17.6 Å². The molecule has 0 heterocycles. The normalized spacial score (nSPS) is 9.71. The maximum absolute atomic E-state index is 11.5. The second-order valence-corrected chi connectivity index (χ2v) is 3.73. The summed E-state index contributed by atoms with van der Waals surface area (Å²) in [5, 5.41) is 11.6. The van der Waals surface area contributed by atoms with Crippen LogP contribution in [-0.2, 0) is 4.79 Å². The molecular weight excluding hydrogens is 218 g/mol. The van der Waals surface area contributed by atoms with Gasteiger partial charge in [-0.05, 0) is 25.5 Å². The zero-order valence-electron chi connectivity index (χ0n) is 9.69. The number of allylic oxidation sites excluding steroid dienone is 1. The summed E-state index contributed by atoms with van der Waals surface area (Å²) in [5.41, 5.74) is 1.28. The van der Waals surface area contributed by atoms with Gasteiger partial charge in [0.1, 0.15) is 0 Å². The summed E-state index contributed by atoms with van der Waals surface area (Å²) in [6, 6.07) is 4.89. The predicted octanol–water partition coefficient (Wildman–Crippen LogP) is 2.60. The lowest BCUT2D eigenvalue weighted by Gasteiger charge is -2.08. The number of aryl methyl sites for hydroxylation is 1. The van der Waals surface area contributed by atoms with E-state index in [4.69, 9.17) is 5.11 Å². The molecule has 4 nitrogen and oxygen atoms in total. The number of carboxylic acid groups (broad SMARTS) is 1. The largest absolute Gasteiger partial charge is 0.478 e. The Balaban J connectivity index is 2.86. The number of rotatable bonds is 5. The summed E-state index contributed by atoms with van der Waals surface area (Å²) in [4.78, 5) is 22.5. The average molecular weight is 233 g/mol. The fourth-order valence-electron chi connectivity index (χ4n) is 1.39. The van der Waals surface area contributed by atoms with E-state index in [0.717, 1.165) is 5.56 Å². The molecule has 0 aliphatic rings. The molecule has 0 bridgehead atoms. The highest BCUT2D eigenvalue weighted by molar-refractivity contribution is 6.00. The molecule has 0 aliphatic carbocycles. The van der Waals surface area contributed by atoms with Crippen LogP contribution >= 0.6 is 0 Å². The van der Waals surface area contributed by atoms with E-state index in [1.807, 2.05) is 0 Å². The molecular formula is C13H15NO3. The second kappa shape index (κ2) is 5.84. The highest BCUT2D eigenvalue weighted by atomic mass is 16.4. The van der Waals surface area contributed by atoms with E-state index in [1.54, 1.807) is 25.1 Å². The van der Waals surface area contributed by atoms with Crippen LogP contribution in [0.2, 0.25) is 0 Å². The molecule has 0 atom stereocenters. The monoisotopic (exact) mass is 233 g/mol. The summed E-state index contributed by atoms with van der Waals surface area (Å²) in [7, 11) is 0. The Morgan fingerprint density at radius 3 is 2.76 bits per heavy atom. The van der Waals surface area contributed by atoms with Crippen molar-refractivity contribution in [3.8, 4) is 0 Å². The number of carboxylic acids is 1. The van der Waals surface area contributed by atoms with E-state index in [-0.39, 0.29) is 11.5 Å². The van der Waals surface area contributed by atoms with E-state index in [0.29, 0.717) is 18.5 Å². The van der Waals surface area contributed by atoms with Crippen molar-refractivity contribution in [1.82, 2.24) is 0 Å². The van der Waals surface area contributed by atoms with Gasteiger partial charge in [0, 0.05) is 6.42 Å². The number of carbonyl (C=O) groups excluding carboxylic acids is 1. The van der Waals surface area contributed by atoms with Crippen molar-refractivity contribution < 1.29 is 14.7 Å². The number of amides is 1. The van der Waals surface area contributed by atoms with Gasteiger partial charge in [0.2, 0.25) is 5.91 Å². The highest BCUT2D eigenvalue weighted by Gasteiger charge is 2.12. The molecule has 0 spiro atoms. The third-order valence-electron chi connectivity index (χ3n) is 2.26. The number of nitrogens with one attached hydrogen (secondary N) is 1. The van der Waals surface area contributed by atoms with Gasteiger partial charge in [-0.15, -0.1) is 6.58 Å². The van der Waals surface area contributed by atoms with Crippen LogP contribution in [0.1, 0.15) is 28.8 Å². The Morgan fingerprint density at radius 2 is 2.18 bits per heavy atom. The fraction of sp³-hybridized carbons (Fsp3) is 0.231. The predicted molar refractivity (Wildman–Crippen MR) is 66.2 cm³/mol. The lowest BCUT2D eigenvalue weighted by molar-refractivity contribution is -0.116. The third kappa shape index (κ3) is 3.75. The molecule has 4 heteroatoms. The molecule has 0 saturated heterocycles. The molecule has 0 fully saturated rings. The molecule has 0 radical (unpaired) electrons. The summed E-state index contributed by atoms with van der Waals surface area (Å²) >= 11 is 0. The van der Waals surface area contributed by atoms with Crippen molar-refractivity contribution in [3.05, 3.63) is 42.0 Å². The molecule has 2 N–H and O–H groups in total. The first kappa shape index (κ1) is 13.0. The van der Waals surface area contributed by atoms with Gasteiger partial charge in [0.05, 0.1) is 11.3 Å². The summed E-state index contributed by atoms with van der Waals surface area (Å²) < 4.78 is 0. The number of hydrogen-bond acceptors (Lipinski definition) is 2. The van der Waals surface area contributed by atoms with Gasteiger partial charge < -0.3 is 10.4 Å². The van der Waals surface area contributed by atoms with Gasteiger partial charge in [0.25, 0.3) is 0 Å². The average Bonchev–Trinajstić information content (AvgIpc) is 2.28. The molecule has 1 aromatic rings. The van der Waals surface area contributed by atoms with Crippen LogP contribution in [0.4, 0.5) is 5.69 Å². The minimum absolute atomic E-state index is 0.108. The molecule has 1 rings (SSSR count). The van der Waals surface area contributed by atoms with E-state index in [9.17, 15) is 9.59 Å². The van der Waals surface area contributed by atoms with Crippen molar-refractivity contribution in [3.63, 3.8) is 0 Å². The lowest BCUT2D eigenvalue weighted by Crippen LogP contribution is -2.14. The van der Waals surface area contributed by atoms with Gasteiger partial charge in [-0.3, -0.25) is 4.79 Å². The Labute approximate surface area is 100.0 Å². The van der Waals surface area contributed by atoms with Crippen LogP contribution in [0.25, 0.3) is 0 Å². The Morgan fingerprint density at radius 1 is 1.47 bits per heavy atom. The standard InChI is InChI=1S/C13H15NO3/c1-3-4-5-12(15)14-11-7-6-9(2)8-10(11)13(16)17/h3,6-8H,1,4-5H2,2H3,(H,14,15)(H,16,17). The molecule has 0 unspecified atom stereocenters. The van der Waals surface area contributed by atoms with Crippen LogP contribution in [0.15, 0.2) is 30.9 Å². The summed E-state index contributed by atoms with van der Waals surface area (Å²) in [5.74, 6) is -1.26. The number of anilines is 1. The smallest absolute Gasteiger partial charge is 0.337 e. The molecule has 0 aliphatic heterocycles. The maximum atomic E-state index is 11.5. The molecule has 1 amide bonds. The van der Waals surface area contributed by atoms with Crippen LogP contribution in [0, 0.1) is 6.92 Å². The number of benzene rings is 1. The Hall–Kier alpha value is -2.10. The van der Waals surface area contributed by atoms with Crippen LogP contribution in [-0.4, -0.2) is 17.0 Å². The maximum Gasteiger partial charge on any atom is 0.337 e. The molecule has 17 heavy (non-hydrogen) atoms. The molecule has 0 saturated carbocycles. The van der Waals surface area contributed by atoms with E-state index < -0.39 is 5.97 Å². The first-order valence-electron chi connectivity index (χ1n) is 5.29. The molecule has 90 valence electrons. The summed E-state index contributed by atoms with van der Waals surface area (Å²) in [6.07, 6.45) is 2.52. The Bertz CT molecular complexity index is 452. The summed E-state index contributed by atoms with van der Waals surface area (Å²) in [6.45, 7) is 5.32. The molecule has 0 aromatic heterocycles. The topological polar surface area (TPSA) is 66.4 Å².